The Labute approximate surface area is 203 Å². The number of hydrogen-bond donors (Lipinski definition) is 2. The number of carbonyl (C=O) groups excluding carboxylic acids is 1. The maximum absolute atomic E-state index is 12.3. The smallest absolute Gasteiger partial charge is 0.225 e. The molecule has 3 aromatic heterocycles. The molecule has 4 aromatic rings. The number of nitrogens with zero attached hydrogens (tertiary/aromatic N) is 6. The number of aryl methyl sites for hydroxylation is 1. The first kappa shape index (κ1) is 21.7. The van der Waals surface area contributed by atoms with Crippen LogP contribution < -0.4 is 5.32 Å². The number of pyridine rings is 1. The molecule has 1 aliphatic carbocycles. The number of benzene rings is 1. The van der Waals surface area contributed by atoms with Crippen LogP contribution in [-0.4, -0.2) is 66.8 Å². The van der Waals surface area contributed by atoms with E-state index in [4.69, 9.17) is 0 Å². The minimum atomic E-state index is 0.301. The molecule has 0 unspecified atom stereocenters. The molecule has 6 rings (SSSR count). The summed E-state index contributed by atoms with van der Waals surface area (Å²) in [6.07, 6.45) is 5.42. The number of imidazole rings is 1. The Morgan fingerprint density at radius 3 is 2.71 bits per heavy atom. The van der Waals surface area contributed by atoms with Gasteiger partial charge < -0.3 is 15.2 Å². The molecule has 1 amide bonds. The number of hydrogen-bond acceptors (Lipinski definition) is 7. The summed E-state index contributed by atoms with van der Waals surface area (Å²) in [5, 5.41) is 3.34. The van der Waals surface area contributed by atoms with Gasteiger partial charge in [-0.25, -0.2) is 19.9 Å². The minimum absolute atomic E-state index is 0.301. The Bertz CT molecular complexity index is 1360. The van der Waals surface area contributed by atoms with Crippen LogP contribution in [-0.2, 0) is 11.3 Å². The van der Waals surface area contributed by atoms with Gasteiger partial charge in [0.05, 0.1) is 16.7 Å². The van der Waals surface area contributed by atoms with E-state index in [1.807, 2.05) is 36.1 Å². The van der Waals surface area contributed by atoms with Crippen LogP contribution in [0.5, 0.6) is 0 Å². The van der Waals surface area contributed by atoms with E-state index in [0.717, 1.165) is 79.4 Å². The van der Waals surface area contributed by atoms with E-state index in [-0.39, 0.29) is 0 Å². The van der Waals surface area contributed by atoms with Crippen molar-refractivity contribution in [3.05, 3.63) is 60.2 Å². The molecule has 1 aromatic carbocycles. The Morgan fingerprint density at radius 1 is 1.09 bits per heavy atom. The van der Waals surface area contributed by atoms with Gasteiger partial charge in [-0.05, 0) is 55.7 Å². The number of H-pyrrole nitrogens is 1. The third-order valence-corrected chi connectivity index (χ3v) is 6.64. The molecule has 9 nitrogen and oxygen atoms in total. The van der Waals surface area contributed by atoms with Crippen molar-refractivity contribution in [2.24, 2.45) is 5.92 Å². The van der Waals surface area contributed by atoms with Crippen LogP contribution in [0.3, 0.4) is 0 Å². The van der Waals surface area contributed by atoms with Crippen LogP contribution in [0.2, 0.25) is 0 Å². The molecule has 2 aliphatic rings. The lowest BCUT2D eigenvalue weighted by molar-refractivity contribution is -0.134. The number of amides is 1. The molecular formula is C26H28N8O. The molecular weight excluding hydrogens is 440 g/mol. The predicted molar refractivity (Wildman–Crippen MR) is 134 cm³/mol. The van der Waals surface area contributed by atoms with E-state index in [1.54, 1.807) is 12.5 Å². The van der Waals surface area contributed by atoms with Crippen molar-refractivity contribution >= 4 is 28.7 Å². The van der Waals surface area contributed by atoms with Gasteiger partial charge in [-0.2, -0.15) is 0 Å². The molecule has 0 spiro atoms. The third kappa shape index (κ3) is 4.85. The number of piperazine rings is 1. The summed E-state index contributed by atoms with van der Waals surface area (Å²) in [7, 11) is 0. The van der Waals surface area contributed by atoms with Gasteiger partial charge in [-0.1, -0.05) is 6.07 Å². The molecule has 1 saturated carbocycles. The first-order valence-electron chi connectivity index (χ1n) is 12.1. The Morgan fingerprint density at radius 2 is 1.94 bits per heavy atom. The van der Waals surface area contributed by atoms with Gasteiger partial charge in [0.2, 0.25) is 11.9 Å². The van der Waals surface area contributed by atoms with Crippen molar-refractivity contribution < 1.29 is 4.79 Å². The lowest BCUT2D eigenvalue weighted by Crippen LogP contribution is -2.48. The van der Waals surface area contributed by atoms with E-state index in [2.05, 4.69) is 47.3 Å². The summed E-state index contributed by atoms with van der Waals surface area (Å²) < 4.78 is 0. The van der Waals surface area contributed by atoms with Gasteiger partial charge in [0.1, 0.15) is 12.1 Å². The number of carbonyl (C=O) groups is 1. The van der Waals surface area contributed by atoms with Crippen molar-refractivity contribution in [3.8, 4) is 11.3 Å². The molecule has 2 fully saturated rings. The summed E-state index contributed by atoms with van der Waals surface area (Å²) >= 11 is 0. The highest BCUT2D eigenvalue weighted by Crippen LogP contribution is 2.31. The number of fused-ring (bicyclic) bond motifs is 1. The lowest BCUT2D eigenvalue weighted by atomic mass is 10.1. The van der Waals surface area contributed by atoms with Crippen LogP contribution in [0.15, 0.2) is 48.9 Å². The first-order chi connectivity index (χ1) is 17.1. The summed E-state index contributed by atoms with van der Waals surface area (Å²) in [5.74, 6) is 2.06. The summed E-state index contributed by atoms with van der Waals surface area (Å²) in [5.41, 5.74) is 5.82. The third-order valence-electron chi connectivity index (χ3n) is 6.64. The van der Waals surface area contributed by atoms with Crippen LogP contribution in [0.1, 0.15) is 24.1 Å². The second kappa shape index (κ2) is 9.07. The van der Waals surface area contributed by atoms with Gasteiger partial charge in [0.15, 0.2) is 0 Å². The highest BCUT2D eigenvalue weighted by Gasteiger charge is 2.34. The molecule has 4 heterocycles. The highest BCUT2D eigenvalue weighted by molar-refractivity contribution is 5.83. The topological polar surface area (TPSA) is 103 Å². The molecule has 0 radical (unpaired) electrons. The quantitative estimate of drug-likeness (QED) is 0.446. The standard InChI is InChI=1S/C26H28N8O/c1-17-12-18(15-33-8-10-34(11-9-33)25(35)19-2-3-19)13-24(29-17)32-26-30-22-5-4-20(14-23(22)31-26)21-6-7-27-16-28-21/h4-7,12-14,16,19H,2-3,8-11,15H2,1H3,(H2,29,30,31,32). The van der Waals surface area contributed by atoms with Gasteiger partial charge in [-0.3, -0.25) is 9.69 Å². The van der Waals surface area contributed by atoms with E-state index in [9.17, 15) is 4.79 Å². The van der Waals surface area contributed by atoms with E-state index in [1.165, 1.54) is 5.56 Å². The van der Waals surface area contributed by atoms with Crippen LogP contribution in [0, 0.1) is 12.8 Å². The largest absolute Gasteiger partial charge is 0.340 e. The van der Waals surface area contributed by atoms with Gasteiger partial charge >= 0.3 is 0 Å². The zero-order valence-electron chi connectivity index (χ0n) is 19.7. The summed E-state index contributed by atoms with van der Waals surface area (Å²) in [4.78, 5) is 37.8. The lowest BCUT2D eigenvalue weighted by Gasteiger charge is -2.35. The minimum Gasteiger partial charge on any atom is -0.340 e. The number of anilines is 2. The SMILES string of the molecule is Cc1cc(CN2CCN(C(=O)C3CC3)CC2)cc(Nc2nc3ccc(-c4ccncn4)cc3[nH]2)n1. The van der Waals surface area contributed by atoms with Crippen molar-refractivity contribution in [2.45, 2.75) is 26.3 Å². The average molecular weight is 469 g/mol. The highest BCUT2D eigenvalue weighted by atomic mass is 16.2. The molecule has 35 heavy (non-hydrogen) atoms. The van der Waals surface area contributed by atoms with Crippen molar-refractivity contribution in [1.82, 2.24) is 34.7 Å². The van der Waals surface area contributed by atoms with E-state index in [0.29, 0.717) is 17.8 Å². The molecule has 1 saturated heterocycles. The maximum Gasteiger partial charge on any atom is 0.225 e. The van der Waals surface area contributed by atoms with Crippen LogP contribution >= 0.6 is 0 Å². The Hall–Kier alpha value is -3.85. The summed E-state index contributed by atoms with van der Waals surface area (Å²) in [6, 6.07) is 12.1. The maximum atomic E-state index is 12.3. The number of aromatic nitrogens is 5. The average Bonchev–Trinajstić information content (AvgIpc) is 3.64. The molecule has 0 atom stereocenters. The number of nitrogens with one attached hydrogen (secondary N) is 2. The second-order valence-electron chi connectivity index (χ2n) is 9.41. The van der Waals surface area contributed by atoms with Gasteiger partial charge in [0, 0.05) is 56.1 Å². The normalized spacial score (nSPS) is 16.5. The zero-order chi connectivity index (χ0) is 23.8. The van der Waals surface area contributed by atoms with Crippen molar-refractivity contribution in [1.29, 1.82) is 0 Å². The van der Waals surface area contributed by atoms with E-state index >= 15 is 0 Å². The first-order valence-corrected chi connectivity index (χ1v) is 12.1. The fourth-order valence-electron chi connectivity index (χ4n) is 4.68. The Kier molecular flexibility index (Phi) is 5.61. The second-order valence-corrected chi connectivity index (χ2v) is 9.41. The van der Waals surface area contributed by atoms with Gasteiger partial charge in [-0.15, -0.1) is 0 Å². The van der Waals surface area contributed by atoms with Crippen molar-refractivity contribution in [3.63, 3.8) is 0 Å². The van der Waals surface area contributed by atoms with Crippen LogP contribution in [0.25, 0.3) is 22.3 Å². The monoisotopic (exact) mass is 468 g/mol. The fourth-order valence-corrected chi connectivity index (χ4v) is 4.68. The molecule has 9 heteroatoms. The van der Waals surface area contributed by atoms with Crippen molar-refractivity contribution in [2.75, 3.05) is 31.5 Å². The molecule has 1 aliphatic heterocycles. The Balaban J connectivity index is 1.14. The molecule has 0 bridgehead atoms. The predicted octanol–water partition coefficient (Wildman–Crippen LogP) is 3.52. The number of rotatable bonds is 6. The molecule has 178 valence electrons. The van der Waals surface area contributed by atoms with Gasteiger partial charge in [0.25, 0.3) is 0 Å². The zero-order valence-corrected chi connectivity index (χ0v) is 19.7. The fraction of sp³-hybridized carbons (Fsp3) is 0.346. The summed E-state index contributed by atoms with van der Waals surface area (Å²) in [6.45, 7) is 6.29. The van der Waals surface area contributed by atoms with E-state index < -0.39 is 0 Å². The van der Waals surface area contributed by atoms with Crippen LogP contribution in [0.4, 0.5) is 11.8 Å². The number of aromatic amines is 1. The molecule has 2 N–H and O–H groups in total.